The fourth-order valence-corrected chi connectivity index (χ4v) is 2.88. The molecular formula is C15H28ClNO2. The molecule has 1 rings (SSSR count). The molecule has 112 valence electrons. The van der Waals surface area contributed by atoms with Crippen LogP contribution in [0, 0.1) is 17.3 Å². The summed E-state index contributed by atoms with van der Waals surface area (Å²) in [5.74, 6) is 1.65. The predicted octanol–water partition coefficient (Wildman–Crippen LogP) is 3.21. The molecule has 1 N–H and O–H groups in total. The summed E-state index contributed by atoms with van der Waals surface area (Å²) >= 11 is 5.50. The third-order valence-corrected chi connectivity index (χ3v) is 4.24. The quantitative estimate of drug-likeness (QED) is 0.602. The summed E-state index contributed by atoms with van der Waals surface area (Å²) in [4.78, 5) is 12.0. The number of alkyl halides is 1. The van der Waals surface area contributed by atoms with Crippen LogP contribution in [0.25, 0.3) is 0 Å². The third-order valence-electron chi connectivity index (χ3n) is 4.09. The van der Waals surface area contributed by atoms with Crippen LogP contribution >= 0.6 is 11.6 Å². The lowest BCUT2D eigenvalue weighted by molar-refractivity contribution is -0.126. The SMILES string of the molecule is CC(C)(C)C1CCC(C(=O)NCCOCCCl)CC1. The van der Waals surface area contributed by atoms with E-state index in [9.17, 15) is 4.79 Å². The van der Waals surface area contributed by atoms with E-state index in [1.165, 1.54) is 12.8 Å². The van der Waals surface area contributed by atoms with Gasteiger partial charge in [0.15, 0.2) is 0 Å². The van der Waals surface area contributed by atoms with Gasteiger partial charge >= 0.3 is 0 Å². The summed E-state index contributed by atoms with van der Waals surface area (Å²) in [6, 6.07) is 0. The fraction of sp³-hybridized carbons (Fsp3) is 0.933. The largest absolute Gasteiger partial charge is 0.378 e. The minimum atomic E-state index is 0.196. The van der Waals surface area contributed by atoms with Crippen molar-refractivity contribution in [1.82, 2.24) is 5.32 Å². The molecule has 4 heteroatoms. The van der Waals surface area contributed by atoms with Gasteiger partial charge in [-0.25, -0.2) is 0 Å². The number of nitrogens with one attached hydrogen (secondary N) is 1. The first kappa shape index (κ1) is 16.8. The van der Waals surface area contributed by atoms with E-state index in [4.69, 9.17) is 16.3 Å². The molecule has 0 saturated heterocycles. The highest BCUT2D eigenvalue weighted by Crippen LogP contribution is 2.39. The molecule has 0 spiro atoms. The van der Waals surface area contributed by atoms with Gasteiger partial charge in [-0.3, -0.25) is 4.79 Å². The van der Waals surface area contributed by atoms with E-state index in [-0.39, 0.29) is 11.8 Å². The highest BCUT2D eigenvalue weighted by molar-refractivity contribution is 6.17. The molecule has 1 fully saturated rings. The van der Waals surface area contributed by atoms with Crippen LogP contribution in [-0.4, -0.2) is 31.5 Å². The lowest BCUT2D eigenvalue weighted by atomic mass is 9.70. The normalized spacial score (nSPS) is 24.2. The van der Waals surface area contributed by atoms with Crippen molar-refractivity contribution in [3.63, 3.8) is 0 Å². The van der Waals surface area contributed by atoms with Gasteiger partial charge in [-0.05, 0) is 37.0 Å². The van der Waals surface area contributed by atoms with Gasteiger partial charge in [-0.2, -0.15) is 0 Å². The van der Waals surface area contributed by atoms with Crippen LogP contribution in [-0.2, 0) is 9.53 Å². The van der Waals surface area contributed by atoms with Crippen LogP contribution in [0.5, 0.6) is 0 Å². The standard InChI is InChI=1S/C15H28ClNO2/c1-15(2,3)13-6-4-12(5-7-13)14(18)17-9-11-19-10-8-16/h12-13H,4-11H2,1-3H3,(H,17,18). The zero-order chi connectivity index (χ0) is 14.3. The number of carbonyl (C=O) groups is 1. The summed E-state index contributed by atoms with van der Waals surface area (Å²) in [6.07, 6.45) is 4.39. The van der Waals surface area contributed by atoms with Gasteiger partial charge in [0.25, 0.3) is 0 Å². The summed E-state index contributed by atoms with van der Waals surface area (Å²) < 4.78 is 5.24. The van der Waals surface area contributed by atoms with Gasteiger partial charge in [-0.1, -0.05) is 20.8 Å². The van der Waals surface area contributed by atoms with Crippen LogP contribution in [0.2, 0.25) is 0 Å². The summed E-state index contributed by atoms with van der Waals surface area (Å²) in [6.45, 7) is 8.59. The van der Waals surface area contributed by atoms with Crippen molar-refractivity contribution in [2.24, 2.45) is 17.3 Å². The van der Waals surface area contributed by atoms with Crippen molar-refractivity contribution in [2.75, 3.05) is 25.6 Å². The van der Waals surface area contributed by atoms with E-state index >= 15 is 0 Å². The first-order valence-electron chi connectivity index (χ1n) is 7.36. The molecule has 19 heavy (non-hydrogen) atoms. The van der Waals surface area contributed by atoms with Crippen LogP contribution in [0.15, 0.2) is 0 Å². The molecule has 0 atom stereocenters. The van der Waals surface area contributed by atoms with Gasteiger partial charge in [0.1, 0.15) is 0 Å². The molecule has 0 bridgehead atoms. The molecule has 1 amide bonds. The molecule has 1 aliphatic carbocycles. The molecule has 3 nitrogen and oxygen atoms in total. The van der Waals surface area contributed by atoms with Crippen LogP contribution in [0.4, 0.5) is 0 Å². The Bertz CT molecular complexity index is 268. The second kappa shape index (κ2) is 8.11. The van der Waals surface area contributed by atoms with Gasteiger partial charge in [-0.15, -0.1) is 11.6 Å². The lowest BCUT2D eigenvalue weighted by Gasteiger charge is -2.36. The second-order valence-corrected chi connectivity index (χ2v) is 6.88. The minimum absolute atomic E-state index is 0.196. The molecule has 0 aromatic rings. The molecule has 0 aromatic carbocycles. The first-order chi connectivity index (χ1) is 8.95. The maximum Gasteiger partial charge on any atom is 0.223 e. The van der Waals surface area contributed by atoms with Crippen molar-refractivity contribution >= 4 is 17.5 Å². The number of rotatable bonds is 6. The van der Waals surface area contributed by atoms with Crippen molar-refractivity contribution in [1.29, 1.82) is 0 Å². The summed E-state index contributed by atoms with van der Waals surface area (Å²) in [7, 11) is 0. The molecule has 0 unspecified atom stereocenters. The maximum atomic E-state index is 12.0. The maximum absolute atomic E-state index is 12.0. The predicted molar refractivity (Wildman–Crippen MR) is 79.5 cm³/mol. The second-order valence-electron chi connectivity index (χ2n) is 6.51. The van der Waals surface area contributed by atoms with Gasteiger partial charge in [0.2, 0.25) is 5.91 Å². The van der Waals surface area contributed by atoms with E-state index in [0.29, 0.717) is 31.1 Å². The topological polar surface area (TPSA) is 38.3 Å². The summed E-state index contributed by atoms with van der Waals surface area (Å²) in [5.41, 5.74) is 0.372. The molecule has 1 aliphatic rings. The molecule has 1 saturated carbocycles. The Balaban J connectivity index is 2.18. The third kappa shape index (κ3) is 6.13. The molecule has 0 aliphatic heterocycles. The average molecular weight is 290 g/mol. The number of ether oxygens (including phenoxy) is 1. The molecule has 0 heterocycles. The Morgan fingerprint density at radius 2 is 1.84 bits per heavy atom. The van der Waals surface area contributed by atoms with E-state index in [2.05, 4.69) is 26.1 Å². The number of halogens is 1. The Kier molecular flexibility index (Phi) is 7.16. The van der Waals surface area contributed by atoms with Crippen molar-refractivity contribution in [3.05, 3.63) is 0 Å². The van der Waals surface area contributed by atoms with E-state index in [0.717, 1.165) is 18.8 Å². The van der Waals surface area contributed by atoms with E-state index in [1.54, 1.807) is 0 Å². The van der Waals surface area contributed by atoms with Crippen LogP contribution < -0.4 is 5.32 Å². The monoisotopic (exact) mass is 289 g/mol. The number of carbonyl (C=O) groups excluding carboxylic acids is 1. The first-order valence-corrected chi connectivity index (χ1v) is 7.90. The fourth-order valence-electron chi connectivity index (χ4n) is 2.77. The zero-order valence-electron chi connectivity index (χ0n) is 12.5. The number of hydrogen-bond acceptors (Lipinski definition) is 2. The Hall–Kier alpha value is -0.280. The number of amides is 1. The Morgan fingerprint density at radius 1 is 1.21 bits per heavy atom. The highest BCUT2D eigenvalue weighted by Gasteiger charge is 2.32. The Labute approximate surface area is 122 Å². The van der Waals surface area contributed by atoms with Gasteiger partial charge in [0.05, 0.1) is 13.2 Å². The number of hydrogen-bond donors (Lipinski definition) is 1. The lowest BCUT2D eigenvalue weighted by Crippen LogP contribution is -2.36. The molecule has 0 radical (unpaired) electrons. The van der Waals surface area contributed by atoms with Gasteiger partial charge in [0, 0.05) is 18.3 Å². The van der Waals surface area contributed by atoms with E-state index in [1.807, 2.05) is 0 Å². The highest BCUT2D eigenvalue weighted by atomic mass is 35.5. The van der Waals surface area contributed by atoms with Crippen molar-refractivity contribution in [2.45, 2.75) is 46.5 Å². The molecular weight excluding hydrogens is 262 g/mol. The van der Waals surface area contributed by atoms with Crippen LogP contribution in [0.3, 0.4) is 0 Å². The smallest absolute Gasteiger partial charge is 0.223 e. The van der Waals surface area contributed by atoms with Crippen molar-refractivity contribution in [3.8, 4) is 0 Å². The minimum Gasteiger partial charge on any atom is -0.378 e. The van der Waals surface area contributed by atoms with Crippen molar-refractivity contribution < 1.29 is 9.53 Å². The van der Waals surface area contributed by atoms with Gasteiger partial charge < -0.3 is 10.1 Å². The average Bonchev–Trinajstić information content (AvgIpc) is 2.37. The summed E-state index contributed by atoms with van der Waals surface area (Å²) in [5, 5.41) is 2.96. The molecule has 0 aromatic heterocycles. The van der Waals surface area contributed by atoms with E-state index < -0.39 is 0 Å². The van der Waals surface area contributed by atoms with Crippen LogP contribution in [0.1, 0.15) is 46.5 Å². The zero-order valence-corrected chi connectivity index (χ0v) is 13.3. The Morgan fingerprint density at radius 3 is 2.37 bits per heavy atom.